The lowest BCUT2D eigenvalue weighted by Gasteiger charge is -2.13. The highest BCUT2D eigenvalue weighted by Crippen LogP contribution is 2.32. The molecule has 5 nitrogen and oxygen atoms in total. The number of carboxylic acid groups (broad SMARTS) is 1. The molecule has 0 aliphatic carbocycles. The summed E-state index contributed by atoms with van der Waals surface area (Å²) in [5, 5.41) is 17.1. The summed E-state index contributed by atoms with van der Waals surface area (Å²) in [6.45, 7) is 0.454. The van der Waals surface area contributed by atoms with Gasteiger partial charge in [0.2, 0.25) is 0 Å². The van der Waals surface area contributed by atoms with Crippen LogP contribution in [-0.4, -0.2) is 24.8 Å². The van der Waals surface area contributed by atoms with Crippen LogP contribution in [0.25, 0.3) is 6.08 Å². The van der Waals surface area contributed by atoms with Gasteiger partial charge in [0.25, 0.3) is 0 Å². The van der Waals surface area contributed by atoms with E-state index in [0.29, 0.717) is 30.1 Å². The van der Waals surface area contributed by atoms with E-state index in [0.717, 1.165) is 18.9 Å². The van der Waals surface area contributed by atoms with E-state index in [2.05, 4.69) is 6.07 Å². The maximum absolute atomic E-state index is 10.6. The minimum Gasteiger partial charge on any atom is -0.493 e. The smallest absolute Gasteiger partial charge is 0.328 e. The Kier molecular flexibility index (Phi) is 6.69. The second-order valence-electron chi connectivity index (χ2n) is 4.01. The number of benzene rings is 1. The molecule has 0 saturated heterocycles. The fourth-order valence-electron chi connectivity index (χ4n) is 1.62. The van der Waals surface area contributed by atoms with E-state index in [1.807, 2.05) is 0 Å². The Morgan fingerprint density at radius 1 is 1.45 bits per heavy atom. The Morgan fingerprint density at radius 3 is 2.90 bits per heavy atom. The summed E-state index contributed by atoms with van der Waals surface area (Å²) in [6, 6.07) is 7.35. The number of nitrogens with zero attached hydrogens (tertiary/aromatic N) is 1. The summed E-state index contributed by atoms with van der Waals surface area (Å²) in [7, 11) is 1.53. The van der Waals surface area contributed by atoms with Gasteiger partial charge in [0.1, 0.15) is 0 Å². The molecule has 106 valence electrons. The molecule has 1 rings (SSSR count). The molecule has 5 heteroatoms. The van der Waals surface area contributed by atoms with Crippen molar-refractivity contribution >= 4 is 12.0 Å². The van der Waals surface area contributed by atoms with Crippen LogP contribution in [0.3, 0.4) is 0 Å². The number of unbranched alkanes of at least 4 members (excludes halogenated alkanes) is 2. The number of hydrogen-bond donors (Lipinski definition) is 1. The number of carbonyl (C=O) groups is 1. The molecule has 0 fully saturated rings. The molecular weight excluding hydrogens is 258 g/mol. The minimum atomic E-state index is -1.02. The van der Waals surface area contributed by atoms with Gasteiger partial charge in [-0.2, -0.15) is 5.26 Å². The third kappa shape index (κ3) is 5.02. The maximum Gasteiger partial charge on any atom is 0.328 e. The average molecular weight is 275 g/mol. The number of aliphatic carboxylic acids is 1. The highest BCUT2D eigenvalue weighted by molar-refractivity contribution is 5.86. The SMILES string of the molecule is COc1cccc(C=CC(=O)O)c1OCCCCC#N. The first-order valence-corrected chi connectivity index (χ1v) is 6.26. The Hall–Kier alpha value is -2.48. The number of nitriles is 1. The fourth-order valence-corrected chi connectivity index (χ4v) is 1.62. The van der Waals surface area contributed by atoms with Crippen LogP contribution in [-0.2, 0) is 4.79 Å². The second kappa shape index (κ2) is 8.59. The number of hydrogen-bond acceptors (Lipinski definition) is 4. The molecule has 0 radical (unpaired) electrons. The largest absolute Gasteiger partial charge is 0.493 e. The van der Waals surface area contributed by atoms with Crippen molar-refractivity contribution in [3.63, 3.8) is 0 Å². The second-order valence-corrected chi connectivity index (χ2v) is 4.01. The van der Waals surface area contributed by atoms with Gasteiger partial charge in [-0.3, -0.25) is 0 Å². The zero-order valence-corrected chi connectivity index (χ0v) is 11.3. The maximum atomic E-state index is 10.6. The van der Waals surface area contributed by atoms with Gasteiger partial charge in [-0.1, -0.05) is 12.1 Å². The van der Waals surface area contributed by atoms with Crippen molar-refractivity contribution < 1.29 is 19.4 Å². The number of ether oxygens (including phenoxy) is 2. The molecule has 0 aromatic heterocycles. The Labute approximate surface area is 118 Å². The van der Waals surface area contributed by atoms with Crippen LogP contribution in [0.4, 0.5) is 0 Å². The molecule has 0 atom stereocenters. The van der Waals surface area contributed by atoms with Crippen LogP contribution < -0.4 is 9.47 Å². The van der Waals surface area contributed by atoms with Crippen molar-refractivity contribution in [3.8, 4) is 17.6 Å². The first kappa shape index (κ1) is 15.6. The number of para-hydroxylation sites is 1. The molecule has 20 heavy (non-hydrogen) atoms. The lowest BCUT2D eigenvalue weighted by molar-refractivity contribution is -0.131. The van der Waals surface area contributed by atoms with Gasteiger partial charge in [-0.15, -0.1) is 0 Å². The van der Waals surface area contributed by atoms with Gasteiger partial charge >= 0.3 is 5.97 Å². The summed E-state index contributed by atoms with van der Waals surface area (Å²) in [5.74, 6) is 0.0510. The van der Waals surface area contributed by atoms with E-state index in [4.69, 9.17) is 19.8 Å². The van der Waals surface area contributed by atoms with Crippen molar-refractivity contribution in [2.75, 3.05) is 13.7 Å². The molecule has 0 aliphatic heterocycles. The topological polar surface area (TPSA) is 79.6 Å². The highest BCUT2D eigenvalue weighted by Gasteiger charge is 2.08. The van der Waals surface area contributed by atoms with Crippen LogP contribution in [0.5, 0.6) is 11.5 Å². The quantitative estimate of drug-likeness (QED) is 0.583. The Morgan fingerprint density at radius 2 is 2.25 bits per heavy atom. The normalized spacial score (nSPS) is 10.2. The predicted molar refractivity (Wildman–Crippen MR) is 74.6 cm³/mol. The van der Waals surface area contributed by atoms with Crippen molar-refractivity contribution in [2.24, 2.45) is 0 Å². The Bertz CT molecular complexity index is 517. The summed E-state index contributed by atoms with van der Waals surface area (Å²) in [6.07, 6.45) is 4.55. The van der Waals surface area contributed by atoms with Gasteiger partial charge in [0, 0.05) is 18.1 Å². The summed E-state index contributed by atoms with van der Waals surface area (Å²) in [4.78, 5) is 10.6. The van der Waals surface area contributed by atoms with Crippen LogP contribution in [0.15, 0.2) is 24.3 Å². The van der Waals surface area contributed by atoms with Gasteiger partial charge in [0.15, 0.2) is 11.5 Å². The number of methoxy groups -OCH3 is 1. The van der Waals surface area contributed by atoms with Crippen LogP contribution in [0, 0.1) is 11.3 Å². The molecule has 0 bridgehead atoms. The van der Waals surface area contributed by atoms with E-state index >= 15 is 0 Å². The van der Waals surface area contributed by atoms with Crippen molar-refractivity contribution in [3.05, 3.63) is 29.8 Å². The lowest BCUT2D eigenvalue weighted by Crippen LogP contribution is -2.01. The van der Waals surface area contributed by atoms with Gasteiger partial charge in [-0.25, -0.2) is 4.79 Å². The molecule has 0 aliphatic rings. The van der Waals surface area contributed by atoms with Gasteiger partial charge in [-0.05, 0) is 25.0 Å². The van der Waals surface area contributed by atoms with Crippen molar-refractivity contribution in [1.82, 2.24) is 0 Å². The molecule has 1 N–H and O–H groups in total. The first-order chi connectivity index (χ1) is 9.69. The van der Waals surface area contributed by atoms with Crippen LogP contribution in [0.2, 0.25) is 0 Å². The zero-order valence-electron chi connectivity index (χ0n) is 11.3. The third-order valence-electron chi connectivity index (χ3n) is 2.56. The van der Waals surface area contributed by atoms with E-state index < -0.39 is 5.97 Å². The van der Waals surface area contributed by atoms with E-state index in [1.165, 1.54) is 13.2 Å². The fraction of sp³-hybridized carbons (Fsp3) is 0.333. The molecule has 1 aromatic rings. The zero-order chi connectivity index (χ0) is 14.8. The van der Waals surface area contributed by atoms with Crippen LogP contribution >= 0.6 is 0 Å². The van der Waals surface area contributed by atoms with Crippen LogP contribution in [0.1, 0.15) is 24.8 Å². The van der Waals surface area contributed by atoms with Gasteiger partial charge < -0.3 is 14.6 Å². The first-order valence-electron chi connectivity index (χ1n) is 6.26. The molecular formula is C15H17NO4. The molecule has 0 unspecified atom stereocenters. The average Bonchev–Trinajstić information content (AvgIpc) is 2.45. The standard InChI is InChI=1S/C15H17NO4/c1-19-13-7-5-6-12(8-9-14(17)18)15(13)20-11-4-2-3-10-16/h5-9H,2-4,11H2,1H3,(H,17,18). The predicted octanol–water partition coefficient (Wildman–Crippen LogP) is 2.87. The Balaban J connectivity index is 2.79. The number of carboxylic acids is 1. The van der Waals surface area contributed by atoms with Gasteiger partial charge in [0.05, 0.1) is 19.8 Å². The van der Waals surface area contributed by atoms with E-state index in [9.17, 15) is 4.79 Å². The monoisotopic (exact) mass is 275 g/mol. The minimum absolute atomic E-state index is 0.454. The highest BCUT2D eigenvalue weighted by atomic mass is 16.5. The van der Waals surface area contributed by atoms with E-state index in [-0.39, 0.29) is 0 Å². The summed E-state index contributed by atoms with van der Waals surface area (Å²) < 4.78 is 10.9. The summed E-state index contributed by atoms with van der Waals surface area (Å²) in [5.41, 5.74) is 0.645. The molecule has 0 spiro atoms. The van der Waals surface area contributed by atoms with Crippen molar-refractivity contribution in [1.29, 1.82) is 5.26 Å². The van der Waals surface area contributed by atoms with Crippen molar-refractivity contribution in [2.45, 2.75) is 19.3 Å². The lowest BCUT2D eigenvalue weighted by atomic mass is 10.1. The third-order valence-corrected chi connectivity index (χ3v) is 2.56. The molecule has 0 amide bonds. The van der Waals surface area contributed by atoms with E-state index in [1.54, 1.807) is 18.2 Å². The molecule has 1 aromatic carbocycles. The number of rotatable bonds is 8. The molecule has 0 heterocycles. The molecule has 0 saturated carbocycles. The summed E-state index contributed by atoms with van der Waals surface area (Å²) >= 11 is 0.